The number of benzene rings is 1. The third-order valence-corrected chi connectivity index (χ3v) is 3.25. The van der Waals surface area contributed by atoms with E-state index in [9.17, 15) is 9.59 Å². The van der Waals surface area contributed by atoms with Gasteiger partial charge in [0.2, 0.25) is 5.91 Å². The standard InChI is InChI=1S/C16H23NO4/c1-4-17(12(3)10-16(19)20)15(18)11-13-6-8-14(9-7-13)21-5-2/h6-9,12H,4-5,10-11H2,1-3H3,(H,19,20). The van der Waals surface area contributed by atoms with Crippen molar-refractivity contribution in [1.82, 2.24) is 4.90 Å². The Bertz CT molecular complexity index is 470. The van der Waals surface area contributed by atoms with Crippen LogP contribution in [0.3, 0.4) is 0 Å². The summed E-state index contributed by atoms with van der Waals surface area (Å²) in [6.07, 6.45) is 0.229. The Kier molecular flexibility index (Phi) is 6.72. The van der Waals surface area contributed by atoms with Gasteiger partial charge >= 0.3 is 5.97 Å². The smallest absolute Gasteiger partial charge is 0.305 e. The second-order valence-electron chi connectivity index (χ2n) is 4.88. The molecular formula is C16H23NO4. The Morgan fingerprint density at radius 3 is 2.33 bits per heavy atom. The van der Waals surface area contributed by atoms with Crippen LogP contribution in [0.25, 0.3) is 0 Å². The topological polar surface area (TPSA) is 66.8 Å². The van der Waals surface area contributed by atoms with Gasteiger partial charge in [0, 0.05) is 12.6 Å². The molecule has 0 aliphatic heterocycles. The van der Waals surface area contributed by atoms with Crippen molar-refractivity contribution in [2.24, 2.45) is 0 Å². The zero-order valence-electron chi connectivity index (χ0n) is 12.8. The first-order valence-electron chi connectivity index (χ1n) is 7.20. The van der Waals surface area contributed by atoms with Crippen LogP contribution in [0, 0.1) is 0 Å². The molecule has 0 radical (unpaired) electrons. The van der Waals surface area contributed by atoms with E-state index in [1.807, 2.05) is 38.1 Å². The number of carboxylic acid groups (broad SMARTS) is 1. The molecule has 1 N–H and O–H groups in total. The van der Waals surface area contributed by atoms with Gasteiger partial charge in [0.25, 0.3) is 0 Å². The van der Waals surface area contributed by atoms with Crippen LogP contribution in [-0.4, -0.2) is 41.1 Å². The summed E-state index contributed by atoms with van der Waals surface area (Å²) in [5.74, 6) is -0.175. The second kappa shape index (κ2) is 8.29. The summed E-state index contributed by atoms with van der Waals surface area (Å²) >= 11 is 0. The quantitative estimate of drug-likeness (QED) is 0.799. The fraction of sp³-hybridized carbons (Fsp3) is 0.500. The first-order chi connectivity index (χ1) is 9.97. The van der Waals surface area contributed by atoms with Crippen molar-refractivity contribution in [3.63, 3.8) is 0 Å². The number of ether oxygens (including phenoxy) is 1. The summed E-state index contributed by atoms with van der Waals surface area (Å²) in [6, 6.07) is 7.09. The van der Waals surface area contributed by atoms with Crippen LogP contribution in [0.15, 0.2) is 24.3 Å². The Morgan fingerprint density at radius 1 is 1.24 bits per heavy atom. The van der Waals surface area contributed by atoms with E-state index in [0.29, 0.717) is 13.2 Å². The normalized spacial score (nSPS) is 11.8. The van der Waals surface area contributed by atoms with Crippen molar-refractivity contribution in [3.05, 3.63) is 29.8 Å². The molecule has 0 saturated heterocycles. The largest absolute Gasteiger partial charge is 0.494 e. The van der Waals surface area contributed by atoms with E-state index in [1.165, 1.54) is 0 Å². The number of rotatable bonds is 8. The first-order valence-corrected chi connectivity index (χ1v) is 7.20. The molecular weight excluding hydrogens is 270 g/mol. The summed E-state index contributed by atoms with van der Waals surface area (Å²) in [6.45, 7) is 6.64. The minimum Gasteiger partial charge on any atom is -0.494 e. The van der Waals surface area contributed by atoms with Gasteiger partial charge in [-0.2, -0.15) is 0 Å². The van der Waals surface area contributed by atoms with Gasteiger partial charge in [-0.25, -0.2) is 0 Å². The van der Waals surface area contributed by atoms with Gasteiger partial charge in [0.15, 0.2) is 0 Å². The van der Waals surface area contributed by atoms with E-state index < -0.39 is 5.97 Å². The van der Waals surface area contributed by atoms with Crippen LogP contribution in [0.4, 0.5) is 0 Å². The van der Waals surface area contributed by atoms with E-state index >= 15 is 0 Å². The van der Waals surface area contributed by atoms with Gasteiger partial charge in [-0.05, 0) is 38.5 Å². The summed E-state index contributed by atoms with van der Waals surface area (Å²) in [4.78, 5) is 24.6. The Morgan fingerprint density at radius 2 is 1.86 bits per heavy atom. The predicted molar refractivity (Wildman–Crippen MR) is 80.4 cm³/mol. The van der Waals surface area contributed by atoms with Crippen LogP contribution < -0.4 is 4.74 Å². The molecule has 1 unspecified atom stereocenters. The molecule has 21 heavy (non-hydrogen) atoms. The molecule has 1 rings (SSSR count). The summed E-state index contributed by atoms with van der Waals surface area (Å²) < 4.78 is 5.36. The number of nitrogens with zero attached hydrogens (tertiary/aromatic N) is 1. The van der Waals surface area contributed by atoms with Gasteiger partial charge in [0.05, 0.1) is 19.4 Å². The molecule has 1 aromatic rings. The lowest BCUT2D eigenvalue weighted by Crippen LogP contribution is -2.40. The van der Waals surface area contributed by atoms with E-state index in [-0.39, 0.29) is 24.8 Å². The van der Waals surface area contributed by atoms with Crippen molar-refractivity contribution < 1.29 is 19.4 Å². The van der Waals surface area contributed by atoms with Crippen molar-refractivity contribution in [1.29, 1.82) is 0 Å². The lowest BCUT2D eigenvalue weighted by atomic mass is 10.1. The third kappa shape index (κ3) is 5.45. The number of amides is 1. The molecule has 1 aromatic carbocycles. The molecule has 116 valence electrons. The zero-order chi connectivity index (χ0) is 15.8. The highest BCUT2D eigenvalue weighted by atomic mass is 16.5. The predicted octanol–water partition coefficient (Wildman–Crippen LogP) is 2.34. The molecule has 1 atom stereocenters. The van der Waals surface area contributed by atoms with Crippen LogP contribution in [-0.2, 0) is 16.0 Å². The van der Waals surface area contributed by atoms with Crippen molar-refractivity contribution >= 4 is 11.9 Å². The average molecular weight is 293 g/mol. The Hall–Kier alpha value is -2.04. The minimum absolute atomic E-state index is 0.0388. The number of likely N-dealkylation sites (N-methyl/N-ethyl adjacent to an activating group) is 1. The van der Waals surface area contributed by atoms with Crippen LogP contribution in [0.1, 0.15) is 32.8 Å². The van der Waals surface area contributed by atoms with Crippen LogP contribution in [0.2, 0.25) is 0 Å². The maximum Gasteiger partial charge on any atom is 0.305 e. The highest BCUT2D eigenvalue weighted by Crippen LogP contribution is 2.14. The van der Waals surface area contributed by atoms with Gasteiger partial charge in [-0.3, -0.25) is 9.59 Å². The zero-order valence-corrected chi connectivity index (χ0v) is 12.8. The number of aliphatic carboxylic acids is 1. The van der Waals surface area contributed by atoms with Crippen LogP contribution >= 0.6 is 0 Å². The maximum atomic E-state index is 12.3. The summed E-state index contributed by atoms with van der Waals surface area (Å²) in [5.41, 5.74) is 0.893. The molecule has 0 aromatic heterocycles. The molecule has 0 bridgehead atoms. The Balaban J connectivity index is 2.66. The average Bonchev–Trinajstić information content (AvgIpc) is 2.41. The van der Waals surface area contributed by atoms with E-state index in [1.54, 1.807) is 11.8 Å². The monoisotopic (exact) mass is 293 g/mol. The molecule has 1 amide bonds. The number of carbonyl (C=O) groups excluding carboxylic acids is 1. The number of carboxylic acids is 1. The summed E-state index contributed by atoms with van der Waals surface area (Å²) in [7, 11) is 0. The highest BCUT2D eigenvalue weighted by molar-refractivity contribution is 5.80. The molecule has 0 aliphatic carbocycles. The SMILES string of the molecule is CCOc1ccc(CC(=O)N(CC)C(C)CC(=O)O)cc1. The minimum atomic E-state index is -0.894. The van der Waals surface area contributed by atoms with E-state index in [4.69, 9.17) is 9.84 Å². The van der Waals surface area contributed by atoms with E-state index in [0.717, 1.165) is 11.3 Å². The second-order valence-corrected chi connectivity index (χ2v) is 4.88. The van der Waals surface area contributed by atoms with Gasteiger partial charge in [0.1, 0.15) is 5.75 Å². The number of hydrogen-bond acceptors (Lipinski definition) is 3. The first kappa shape index (κ1) is 17.0. The highest BCUT2D eigenvalue weighted by Gasteiger charge is 2.20. The molecule has 0 heterocycles. The molecule has 0 aliphatic rings. The summed E-state index contributed by atoms with van der Waals surface area (Å²) in [5, 5.41) is 8.83. The number of carbonyl (C=O) groups is 2. The molecule has 0 saturated carbocycles. The molecule has 5 nitrogen and oxygen atoms in total. The molecule has 0 spiro atoms. The number of hydrogen-bond donors (Lipinski definition) is 1. The van der Waals surface area contributed by atoms with Crippen LogP contribution in [0.5, 0.6) is 5.75 Å². The van der Waals surface area contributed by atoms with Crippen molar-refractivity contribution in [3.8, 4) is 5.75 Å². The van der Waals surface area contributed by atoms with Crippen molar-refractivity contribution in [2.45, 2.75) is 39.7 Å². The van der Waals surface area contributed by atoms with Gasteiger partial charge in [-0.15, -0.1) is 0 Å². The Labute approximate surface area is 125 Å². The van der Waals surface area contributed by atoms with E-state index in [2.05, 4.69) is 0 Å². The van der Waals surface area contributed by atoms with Crippen molar-refractivity contribution in [2.75, 3.05) is 13.2 Å². The molecule has 0 fully saturated rings. The van der Waals surface area contributed by atoms with Gasteiger partial charge in [-0.1, -0.05) is 12.1 Å². The third-order valence-electron chi connectivity index (χ3n) is 3.25. The fourth-order valence-electron chi connectivity index (χ4n) is 2.24. The lowest BCUT2D eigenvalue weighted by Gasteiger charge is -2.27. The lowest BCUT2D eigenvalue weighted by molar-refractivity contribution is -0.140. The fourth-order valence-corrected chi connectivity index (χ4v) is 2.24. The van der Waals surface area contributed by atoms with Gasteiger partial charge < -0.3 is 14.7 Å². The molecule has 5 heteroatoms. The maximum absolute atomic E-state index is 12.3.